The quantitative estimate of drug-likeness (QED) is 0.739. The third-order valence-corrected chi connectivity index (χ3v) is 5.24. The van der Waals surface area contributed by atoms with Crippen molar-refractivity contribution < 1.29 is 8.42 Å². The van der Waals surface area contributed by atoms with Gasteiger partial charge in [-0.2, -0.15) is 0 Å². The number of rotatable bonds is 4. The maximum Gasteiger partial charge on any atom is 0.263 e. The molecular weight excluding hydrogens is 413 g/mol. The van der Waals surface area contributed by atoms with E-state index in [-0.39, 0.29) is 11.4 Å². The van der Waals surface area contributed by atoms with Crippen molar-refractivity contribution in [1.82, 2.24) is 4.57 Å². The van der Waals surface area contributed by atoms with Gasteiger partial charge in [-0.15, -0.1) is 0 Å². The van der Waals surface area contributed by atoms with Crippen LogP contribution in [-0.2, 0) is 23.6 Å². The summed E-state index contributed by atoms with van der Waals surface area (Å²) in [5, 5.41) is 0.558. The molecule has 0 spiro atoms. The highest BCUT2D eigenvalue weighted by Crippen LogP contribution is 2.25. The number of aromatic nitrogens is 1. The topological polar surface area (TPSA) is 77.1 Å². The molecule has 0 saturated carbocycles. The first kappa shape index (κ1) is 15.6. The Morgan fingerprint density at radius 1 is 1.40 bits per heavy atom. The maximum atomic E-state index is 12.3. The van der Waals surface area contributed by atoms with Crippen LogP contribution < -0.4 is 10.5 Å². The zero-order chi connectivity index (χ0) is 14.9. The summed E-state index contributed by atoms with van der Waals surface area (Å²) in [6.45, 7) is 0.282. The summed E-state index contributed by atoms with van der Waals surface area (Å²) in [4.78, 5) is 0.186. The molecule has 0 aliphatic heterocycles. The minimum Gasteiger partial charge on any atom is -0.352 e. The molecule has 2 aromatic rings. The van der Waals surface area contributed by atoms with Crippen LogP contribution in [-0.4, -0.2) is 13.0 Å². The smallest absolute Gasteiger partial charge is 0.263 e. The van der Waals surface area contributed by atoms with Gasteiger partial charge in [-0.05, 0) is 46.9 Å². The van der Waals surface area contributed by atoms with E-state index in [1.165, 1.54) is 6.20 Å². The van der Waals surface area contributed by atoms with Crippen LogP contribution in [0.15, 0.2) is 35.4 Å². The van der Waals surface area contributed by atoms with Crippen LogP contribution in [0.3, 0.4) is 0 Å². The highest BCUT2D eigenvalue weighted by atomic mass is 127. The van der Waals surface area contributed by atoms with Crippen molar-refractivity contribution in [3.8, 4) is 0 Å². The summed E-state index contributed by atoms with van der Waals surface area (Å²) < 4.78 is 29.6. The second-order valence-corrected chi connectivity index (χ2v) is 7.49. The van der Waals surface area contributed by atoms with Crippen molar-refractivity contribution in [1.29, 1.82) is 0 Å². The Morgan fingerprint density at radius 3 is 2.65 bits per heavy atom. The van der Waals surface area contributed by atoms with E-state index in [0.717, 1.165) is 9.26 Å². The Morgan fingerprint density at radius 2 is 2.10 bits per heavy atom. The number of hydrogen-bond donors (Lipinski definition) is 2. The SMILES string of the molecule is Cn1cc(S(=O)(=O)Nc2ccc(Cl)cc2I)cc1CN. The van der Waals surface area contributed by atoms with Crippen molar-refractivity contribution in [2.75, 3.05) is 4.72 Å². The van der Waals surface area contributed by atoms with E-state index >= 15 is 0 Å². The number of sulfonamides is 1. The molecule has 0 radical (unpaired) electrons. The highest BCUT2D eigenvalue weighted by Gasteiger charge is 2.18. The number of nitrogens with two attached hydrogens (primary N) is 1. The van der Waals surface area contributed by atoms with Gasteiger partial charge < -0.3 is 10.3 Å². The van der Waals surface area contributed by atoms with Crippen molar-refractivity contribution in [3.63, 3.8) is 0 Å². The molecule has 1 aromatic heterocycles. The number of nitrogens with zero attached hydrogens (tertiary/aromatic N) is 1. The van der Waals surface area contributed by atoms with E-state index in [2.05, 4.69) is 4.72 Å². The van der Waals surface area contributed by atoms with Gasteiger partial charge in [-0.3, -0.25) is 4.72 Å². The number of aryl methyl sites for hydroxylation is 1. The van der Waals surface area contributed by atoms with Gasteiger partial charge in [0.25, 0.3) is 10.0 Å². The molecule has 3 N–H and O–H groups in total. The first-order chi connectivity index (χ1) is 9.33. The minimum atomic E-state index is -3.63. The van der Waals surface area contributed by atoms with E-state index in [1.54, 1.807) is 35.9 Å². The lowest BCUT2D eigenvalue weighted by molar-refractivity contribution is 0.601. The first-order valence-corrected chi connectivity index (χ1v) is 8.60. The van der Waals surface area contributed by atoms with Crippen molar-refractivity contribution >= 4 is 49.9 Å². The van der Waals surface area contributed by atoms with Gasteiger partial charge in [0.15, 0.2) is 0 Å². The Labute approximate surface area is 136 Å². The molecule has 0 amide bonds. The van der Waals surface area contributed by atoms with Gasteiger partial charge in [0.2, 0.25) is 0 Å². The summed E-state index contributed by atoms with van der Waals surface area (Å²) in [7, 11) is -1.88. The lowest BCUT2D eigenvalue weighted by atomic mass is 10.3. The maximum absolute atomic E-state index is 12.3. The average Bonchev–Trinajstić information content (AvgIpc) is 2.75. The summed E-state index contributed by atoms with van der Waals surface area (Å²) in [5.74, 6) is 0. The summed E-state index contributed by atoms with van der Waals surface area (Å²) in [5.41, 5.74) is 6.79. The average molecular weight is 426 g/mol. The normalized spacial score (nSPS) is 11.6. The van der Waals surface area contributed by atoms with E-state index in [1.807, 2.05) is 22.6 Å². The zero-order valence-corrected chi connectivity index (χ0v) is 14.3. The molecule has 5 nitrogen and oxygen atoms in total. The fraction of sp³-hybridized carbons (Fsp3) is 0.167. The second kappa shape index (κ2) is 5.92. The number of anilines is 1. The van der Waals surface area contributed by atoms with E-state index in [0.29, 0.717) is 10.7 Å². The molecule has 0 saturated heterocycles. The van der Waals surface area contributed by atoms with Crippen LogP contribution in [0.4, 0.5) is 5.69 Å². The largest absolute Gasteiger partial charge is 0.352 e. The van der Waals surface area contributed by atoms with Crippen LogP contribution in [0.25, 0.3) is 0 Å². The molecule has 0 bridgehead atoms. The number of halogens is 2. The molecule has 2 rings (SSSR count). The fourth-order valence-electron chi connectivity index (χ4n) is 1.70. The lowest BCUT2D eigenvalue weighted by Crippen LogP contribution is -2.13. The summed E-state index contributed by atoms with van der Waals surface area (Å²) in [6.07, 6.45) is 1.54. The molecular formula is C12H13ClIN3O2S. The summed E-state index contributed by atoms with van der Waals surface area (Å²) >= 11 is 7.88. The van der Waals surface area contributed by atoms with Gasteiger partial charge in [0, 0.05) is 34.1 Å². The molecule has 108 valence electrons. The monoisotopic (exact) mass is 425 g/mol. The minimum absolute atomic E-state index is 0.186. The Bertz CT molecular complexity index is 743. The van der Waals surface area contributed by atoms with Gasteiger partial charge in [0.1, 0.15) is 4.90 Å². The van der Waals surface area contributed by atoms with Gasteiger partial charge in [0.05, 0.1) is 5.69 Å². The number of hydrogen-bond acceptors (Lipinski definition) is 3. The van der Waals surface area contributed by atoms with Crippen molar-refractivity contribution in [2.45, 2.75) is 11.4 Å². The van der Waals surface area contributed by atoms with Crippen molar-refractivity contribution in [2.24, 2.45) is 12.8 Å². The molecule has 0 aliphatic rings. The third-order valence-electron chi connectivity index (χ3n) is 2.78. The van der Waals surface area contributed by atoms with Gasteiger partial charge in [-0.25, -0.2) is 8.42 Å². The van der Waals surface area contributed by atoms with Crippen LogP contribution in [0.2, 0.25) is 5.02 Å². The van der Waals surface area contributed by atoms with E-state index in [9.17, 15) is 8.42 Å². The fourth-order valence-corrected chi connectivity index (χ4v) is 4.07. The van der Waals surface area contributed by atoms with Crippen LogP contribution in [0.5, 0.6) is 0 Å². The predicted octanol–water partition coefficient (Wildman–Crippen LogP) is 2.54. The lowest BCUT2D eigenvalue weighted by Gasteiger charge is -2.08. The Kier molecular flexibility index (Phi) is 4.62. The predicted molar refractivity (Wildman–Crippen MR) is 88.3 cm³/mol. The molecule has 0 unspecified atom stereocenters. The third kappa shape index (κ3) is 3.27. The number of nitrogens with one attached hydrogen (secondary N) is 1. The van der Waals surface area contributed by atoms with Gasteiger partial charge in [-0.1, -0.05) is 11.6 Å². The Balaban J connectivity index is 2.35. The standard InChI is InChI=1S/C12H13ClIN3O2S/c1-17-7-10(5-9(17)6-15)20(18,19)16-12-3-2-8(13)4-11(12)14/h2-5,7,16H,6,15H2,1H3. The van der Waals surface area contributed by atoms with E-state index < -0.39 is 10.0 Å². The van der Waals surface area contributed by atoms with E-state index in [4.69, 9.17) is 17.3 Å². The molecule has 0 aliphatic carbocycles. The molecule has 1 heterocycles. The first-order valence-electron chi connectivity index (χ1n) is 5.66. The molecule has 8 heteroatoms. The molecule has 0 fully saturated rings. The van der Waals surface area contributed by atoms with Crippen LogP contribution >= 0.6 is 34.2 Å². The summed E-state index contributed by atoms with van der Waals surface area (Å²) in [6, 6.07) is 6.52. The molecule has 20 heavy (non-hydrogen) atoms. The zero-order valence-electron chi connectivity index (χ0n) is 10.6. The Hall–Kier alpha value is -0.770. The second-order valence-electron chi connectivity index (χ2n) is 4.21. The van der Waals surface area contributed by atoms with Crippen molar-refractivity contribution in [3.05, 3.63) is 44.7 Å². The molecule has 1 aromatic carbocycles. The van der Waals surface area contributed by atoms with Gasteiger partial charge >= 0.3 is 0 Å². The number of benzene rings is 1. The van der Waals surface area contributed by atoms with Crippen LogP contribution in [0.1, 0.15) is 5.69 Å². The highest BCUT2D eigenvalue weighted by molar-refractivity contribution is 14.1. The van der Waals surface area contributed by atoms with Crippen LogP contribution in [0, 0.1) is 3.57 Å². The molecule has 0 atom stereocenters.